The zero-order valence-electron chi connectivity index (χ0n) is 12.2. The second-order valence-corrected chi connectivity index (χ2v) is 5.70. The number of carbonyl (C=O) groups excluding carboxylic acids is 1. The van der Waals surface area contributed by atoms with E-state index in [1.54, 1.807) is 27.7 Å². The number of anilines is 1. The Morgan fingerprint density at radius 2 is 1.75 bits per heavy atom. The Bertz CT molecular complexity index is 491. The van der Waals surface area contributed by atoms with Gasteiger partial charge in [-0.3, -0.25) is 9.59 Å². The lowest BCUT2D eigenvalue weighted by molar-refractivity contribution is -0.150. The van der Waals surface area contributed by atoms with Crippen molar-refractivity contribution in [1.29, 1.82) is 0 Å². The van der Waals surface area contributed by atoms with Gasteiger partial charge in [0.1, 0.15) is 11.7 Å². The molecule has 1 unspecified atom stereocenters. The molecule has 0 heterocycles. The van der Waals surface area contributed by atoms with Crippen LogP contribution in [0.2, 0.25) is 0 Å². The Morgan fingerprint density at radius 3 is 2.10 bits per heavy atom. The molecule has 1 aromatic carbocycles. The van der Waals surface area contributed by atoms with Crippen LogP contribution in [0, 0.1) is 17.2 Å². The van der Waals surface area contributed by atoms with E-state index in [2.05, 4.69) is 0 Å². The molecule has 110 valence electrons. The van der Waals surface area contributed by atoms with Gasteiger partial charge in [0.15, 0.2) is 0 Å². The second kappa shape index (κ2) is 6.03. The molecule has 1 atom stereocenters. The van der Waals surface area contributed by atoms with Crippen LogP contribution in [0.4, 0.5) is 10.1 Å². The van der Waals surface area contributed by atoms with Gasteiger partial charge in [-0.05, 0) is 36.6 Å². The lowest BCUT2D eigenvalue weighted by atomic mass is 9.79. The minimum Gasteiger partial charge on any atom is -0.481 e. The number of carboxylic acid groups (broad SMARTS) is 1. The molecule has 0 bridgehead atoms. The standard InChI is InChI=1S/C15H20FNO3/c1-5-17(11-8-6-10(16)7-9-11)13(18)12(14(19)20)15(2,3)4/h6-9,12H,5H2,1-4H3,(H,19,20). The number of carboxylic acids is 1. The molecule has 1 rings (SSSR count). The molecule has 0 spiro atoms. The van der Waals surface area contributed by atoms with Gasteiger partial charge in [-0.2, -0.15) is 0 Å². The van der Waals surface area contributed by atoms with Crippen LogP contribution in [0.1, 0.15) is 27.7 Å². The minimum atomic E-state index is -1.15. The molecule has 0 fully saturated rings. The topological polar surface area (TPSA) is 57.6 Å². The van der Waals surface area contributed by atoms with Gasteiger partial charge in [0.25, 0.3) is 0 Å². The first kappa shape index (κ1) is 16.1. The number of rotatable bonds is 4. The van der Waals surface area contributed by atoms with E-state index in [9.17, 15) is 19.1 Å². The van der Waals surface area contributed by atoms with Crippen molar-refractivity contribution in [3.63, 3.8) is 0 Å². The lowest BCUT2D eigenvalue weighted by Gasteiger charge is -2.31. The average molecular weight is 281 g/mol. The molecule has 20 heavy (non-hydrogen) atoms. The molecular formula is C15H20FNO3. The van der Waals surface area contributed by atoms with Crippen LogP contribution in [0.25, 0.3) is 0 Å². The Labute approximate surface area is 118 Å². The summed E-state index contributed by atoms with van der Waals surface area (Å²) in [4.78, 5) is 25.2. The highest BCUT2D eigenvalue weighted by Gasteiger charge is 2.40. The molecule has 0 radical (unpaired) electrons. The van der Waals surface area contributed by atoms with E-state index < -0.39 is 29.0 Å². The summed E-state index contributed by atoms with van der Waals surface area (Å²) in [7, 11) is 0. The highest BCUT2D eigenvalue weighted by atomic mass is 19.1. The van der Waals surface area contributed by atoms with Crippen LogP contribution in [-0.2, 0) is 9.59 Å². The number of amides is 1. The van der Waals surface area contributed by atoms with Gasteiger partial charge in [0.05, 0.1) is 0 Å². The SMILES string of the molecule is CCN(C(=O)C(C(=O)O)C(C)(C)C)c1ccc(F)cc1. The van der Waals surface area contributed by atoms with E-state index in [0.717, 1.165) is 0 Å². The number of benzene rings is 1. The van der Waals surface area contributed by atoms with Crippen molar-refractivity contribution in [1.82, 2.24) is 0 Å². The summed E-state index contributed by atoms with van der Waals surface area (Å²) in [5.74, 6) is -3.18. The monoisotopic (exact) mass is 281 g/mol. The number of carbonyl (C=O) groups is 2. The Morgan fingerprint density at radius 1 is 1.25 bits per heavy atom. The molecule has 0 aliphatic heterocycles. The van der Waals surface area contributed by atoms with Gasteiger partial charge in [-0.25, -0.2) is 4.39 Å². The van der Waals surface area contributed by atoms with Crippen LogP contribution in [-0.4, -0.2) is 23.5 Å². The van der Waals surface area contributed by atoms with Gasteiger partial charge < -0.3 is 10.0 Å². The highest BCUT2D eigenvalue weighted by molar-refractivity contribution is 6.06. The van der Waals surface area contributed by atoms with Crippen molar-refractivity contribution >= 4 is 17.6 Å². The Kier molecular flexibility index (Phi) is 4.87. The fourth-order valence-corrected chi connectivity index (χ4v) is 2.09. The van der Waals surface area contributed by atoms with E-state index >= 15 is 0 Å². The van der Waals surface area contributed by atoms with Crippen molar-refractivity contribution in [2.75, 3.05) is 11.4 Å². The van der Waals surface area contributed by atoms with Crippen LogP contribution in [0.5, 0.6) is 0 Å². The number of nitrogens with zero attached hydrogens (tertiary/aromatic N) is 1. The molecule has 1 amide bonds. The van der Waals surface area contributed by atoms with Crippen molar-refractivity contribution in [3.8, 4) is 0 Å². The number of halogens is 1. The van der Waals surface area contributed by atoms with Crippen molar-refractivity contribution in [2.24, 2.45) is 11.3 Å². The van der Waals surface area contributed by atoms with Gasteiger partial charge in [-0.1, -0.05) is 20.8 Å². The van der Waals surface area contributed by atoms with Crippen LogP contribution < -0.4 is 4.90 Å². The van der Waals surface area contributed by atoms with Crippen LogP contribution in [0.3, 0.4) is 0 Å². The fourth-order valence-electron chi connectivity index (χ4n) is 2.09. The second-order valence-electron chi connectivity index (χ2n) is 5.70. The van der Waals surface area contributed by atoms with Gasteiger partial charge in [0.2, 0.25) is 5.91 Å². The zero-order chi connectivity index (χ0) is 15.5. The quantitative estimate of drug-likeness (QED) is 0.863. The first-order valence-corrected chi connectivity index (χ1v) is 6.48. The van der Waals surface area contributed by atoms with Crippen LogP contribution >= 0.6 is 0 Å². The van der Waals surface area contributed by atoms with E-state index in [1.165, 1.54) is 29.2 Å². The molecule has 4 nitrogen and oxygen atoms in total. The molecule has 1 N–H and O–H groups in total. The maximum Gasteiger partial charge on any atom is 0.316 e. The van der Waals surface area contributed by atoms with E-state index in [-0.39, 0.29) is 0 Å². The average Bonchev–Trinajstić information content (AvgIpc) is 2.30. The van der Waals surface area contributed by atoms with Gasteiger partial charge >= 0.3 is 5.97 Å². The summed E-state index contributed by atoms with van der Waals surface area (Å²) in [6.45, 7) is 7.21. The van der Waals surface area contributed by atoms with Crippen molar-refractivity contribution in [2.45, 2.75) is 27.7 Å². The third-order valence-corrected chi connectivity index (χ3v) is 3.08. The lowest BCUT2D eigenvalue weighted by Crippen LogP contribution is -2.45. The molecular weight excluding hydrogens is 261 g/mol. The van der Waals surface area contributed by atoms with E-state index in [1.807, 2.05) is 0 Å². The summed E-state index contributed by atoms with van der Waals surface area (Å²) in [5, 5.41) is 9.31. The third-order valence-electron chi connectivity index (χ3n) is 3.08. The van der Waals surface area contributed by atoms with Gasteiger partial charge in [0, 0.05) is 12.2 Å². The molecule has 1 aromatic rings. The number of hydrogen-bond donors (Lipinski definition) is 1. The molecule has 0 saturated heterocycles. The number of hydrogen-bond acceptors (Lipinski definition) is 2. The predicted molar refractivity (Wildman–Crippen MR) is 75.0 cm³/mol. The maximum atomic E-state index is 12.9. The summed E-state index contributed by atoms with van der Waals surface area (Å²) in [6.07, 6.45) is 0. The molecule has 0 aromatic heterocycles. The normalized spacial score (nSPS) is 12.8. The zero-order valence-corrected chi connectivity index (χ0v) is 12.2. The first-order chi connectivity index (χ1) is 9.18. The largest absolute Gasteiger partial charge is 0.481 e. The highest BCUT2D eigenvalue weighted by Crippen LogP contribution is 2.29. The molecule has 5 heteroatoms. The van der Waals surface area contributed by atoms with Crippen LogP contribution in [0.15, 0.2) is 24.3 Å². The summed E-state index contributed by atoms with van der Waals surface area (Å²) >= 11 is 0. The predicted octanol–water partition coefficient (Wildman–Crippen LogP) is 2.93. The fraction of sp³-hybridized carbons (Fsp3) is 0.467. The van der Waals surface area contributed by atoms with Gasteiger partial charge in [-0.15, -0.1) is 0 Å². The molecule has 0 saturated carbocycles. The Hall–Kier alpha value is -1.91. The third kappa shape index (κ3) is 3.56. The number of aliphatic carboxylic acids is 1. The summed E-state index contributed by atoms with van der Waals surface area (Å²) < 4.78 is 12.9. The minimum absolute atomic E-state index is 0.324. The van der Waals surface area contributed by atoms with Crippen molar-refractivity contribution < 1.29 is 19.1 Å². The Balaban J connectivity index is 3.13. The first-order valence-electron chi connectivity index (χ1n) is 6.48. The van der Waals surface area contributed by atoms with Crippen molar-refractivity contribution in [3.05, 3.63) is 30.1 Å². The summed E-state index contributed by atoms with van der Waals surface area (Å²) in [5.41, 5.74) is -0.203. The smallest absolute Gasteiger partial charge is 0.316 e. The van der Waals surface area contributed by atoms with E-state index in [0.29, 0.717) is 12.2 Å². The molecule has 0 aliphatic rings. The molecule has 0 aliphatic carbocycles. The van der Waals surface area contributed by atoms with E-state index in [4.69, 9.17) is 0 Å². The maximum absolute atomic E-state index is 12.9. The summed E-state index contributed by atoms with van der Waals surface area (Å²) in [6, 6.07) is 5.44.